The minimum absolute atomic E-state index is 0.0181. The van der Waals surface area contributed by atoms with Crippen LogP contribution in [0.5, 0.6) is 0 Å². The largest absolute Gasteiger partial charge is 0.329 e. The third-order valence-electron chi connectivity index (χ3n) is 3.51. The summed E-state index contributed by atoms with van der Waals surface area (Å²) in [6.45, 7) is 0. The van der Waals surface area contributed by atoms with Crippen LogP contribution in [0.25, 0.3) is 10.9 Å². The highest BCUT2D eigenvalue weighted by molar-refractivity contribution is 6.30. The van der Waals surface area contributed by atoms with E-state index in [1.807, 2.05) is 60.5 Å². The summed E-state index contributed by atoms with van der Waals surface area (Å²) in [6, 6.07) is 15.0. The number of fused-ring (bicyclic) bond motifs is 1. The minimum atomic E-state index is 0.0181. The summed E-state index contributed by atoms with van der Waals surface area (Å²) in [5.41, 5.74) is 1.71. The Balaban J connectivity index is 2.25. The van der Waals surface area contributed by atoms with Crippen molar-refractivity contribution >= 4 is 40.3 Å². The van der Waals surface area contributed by atoms with E-state index in [0.29, 0.717) is 10.8 Å². The van der Waals surface area contributed by atoms with Gasteiger partial charge in [0.05, 0.1) is 11.9 Å². The molecule has 0 aliphatic carbocycles. The molecule has 1 heterocycles. The van der Waals surface area contributed by atoms with Crippen molar-refractivity contribution in [2.45, 2.75) is 0 Å². The van der Waals surface area contributed by atoms with Crippen LogP contribution in [-0.2, 0) is 0 Å². The van der Waals surface area contributed by atoms with Gasteiger partial charge in [0, 0.05) is 23.1 Å². The van der Waals surface area contributed by atoms with E-state index in [4.69, 9.17) is 22.4 Å². The summed E-state index contributed by atoms with van der Waals surface area (Å²) in [5, 5.41) is 17.1. The zero-order valence-corrected chi connectivity index (χ0v) is 12.7. The van der Waals surface area contributed by atoms with Gasteiger partial charge in [-0.15, -0.1) is 0 Å². The van der Waals surface area contributed by atoms with E-state index in [2.05, 4.69) is 4.98 Å². The van der Waals surface area contributed by atoms with E-state index in [0.717, 1.165) is 22.9 Å². The lowest BCUT2D eigenvalue weighted by Gasteiger charge is -2.21. The molecule has 0 aliphatic heterocycles. The monoisotopic (exact) mass is 311 g/mol. The average Bonchev–Trinajstić information content (AvgIpc) is 2.54. The quantitative estimate of drug-likeness (QED) is 0.575. The average molecular weight is 312 g/mol. The standard InChI is InChI=1S/C16H14ClN5/c1-21(12-8-6-11(17)7-9-12)15-13-4-2-3-5-14(13)22(10-18)16(19)20-15/h2-10,18-19H,1H3. The lowest BCUT2D eigenvalue weighted by molar-refractivity contribution is 0.915. The summed E-state index contributed by atoms with van der Waals surface area (Å²) in [4.78, 5) is 6.25. The molecule has 3 aromatic rings. The number of rotatable bonds is 3. The Morgan fingerprint density at radius 3 is 2.50 bits per heavy atom. The molecule has 0 amide bonds. The molecule has 0 unspecified atom stereocenters. The van der Waals surface area contributed by atoms with E-state index in [-0.39, 0.29) is 5.62 Å². The highest BCUT2D eigenvalue weighted by Gasteiger charge is 2.12. The van der Waals surface area contributed by atoms with Gasteiger partial charge in [-0.2, -0.15) is 4.98 Å². The fraction of sp³-hybridized carbons (Fsp3) is 0.0625. The van der Waals surface area contributed by atoms with E-state index < -0.39 is 0 Å². The molecular formula is C16H14ClN5. The summed E-state index contributed by atoms with van der Waals surface area (Å²) >= 11 is 5.93. The highest BCUT2D eigenvalue weighted by atomic mass is 35.5. The maximum atomic E-state index is 8.04. The lowest BCUT2D eigenvalue weighted by atomic mass is 10.2. The van der Waals surface area contributed by atoms with Gasteiger partial charge in [0.25, 0.3) is 0 Å². The number of hydrogen-bond acceptors (Lipinski definition) is 4. The molecule has 110 valence electrons. The number of para-hydroxylation sites is 1. The number of anilines is 2. The van der Waals surface area contributed by atoms with Crippen LogP contribution in [0.3, 0.4) is 0 Å². The van der Waals surface area contributed by atoms with E-state index in [1.54, 1.807) is 0 Å². The van der Waals surface area contributed by atoms with Gasteiger partial charge in [-0.1, -0.05) is 23.7 Å². The Morgan fingerprint density at radius 1 is 1.14 bits per heavy atom. The van der Waals surface area contributed by atoms with Crippen molar-refractivity contribution in [3.8, 4) is 0 Å². The second-order valence-corrected chi connectivity index (χ2v) is 5.25. The number of hydrogen-bond donors (Lipinski definition) is 2. The zero-order valence-electron chi connectivity index (χ0n) is 11.9. The Labute approximate surface area is 132 Å². The molecule has 6 heteroatoms. The van der Waals surface area contributed by atoms with Gasteiger partial charge in [0.1, 0.15) is 5.82 Å². The normalized spacial score (nSPS) is 10.6. The molecule has 3 rings (SSSR count). The zero-order chi connectivity index (χ0) is 15.7. The Morgan fingerprint density at radius 2 is 1.82 bits per heavy atom. The van der Waals surface area contributed by atoms with Crippen LogP contribution < -0.4 is 10.5 Å². The van der Waals surface area contributed by atoms with E-state index in [9.17, 15) is 0 Å². The summed E-state index contributed by atoms with van der Waals surface area (Å²) < 4.78 is 1.44. The van der Waals surface area contributed by atoms with Crippen LogP contribution in [0.4, 0.5) is 11.5 Å². The van der Waals surface area contributed by atoms with Crippen molar-refractivity contribution in [1.82, 2.24) is 9.55 Å². The molecule has 0 fully saturated rings. The molecule has 0 atom stereocenters. The van der Waals surface area contributed by atoms with Gasteiger partial charge in [-0.3, -0.25) is 15.4 Å². The first kappa shape index (κ1) is 14.3. The third-order valence-corrected chi connectivity index (χ3v) is 3.76. The molecular weight excluding hydrogens is 298 g/mol. The van der Waals surface area contributed by atoms with Gasteiger partial charge in [0.2, 0.25) is 5.62 Å². The Bertz CT molecular complexity index is 899. The molecule has 22 heavy (non-hydrogen) atoms. The van der Waals surface area contributed by atoms with Crippen LogP contribution >= 0.6 is 11.6 Å². The molecule has 5 nitrogen and oxygen atoms in total. The maximum absolute atomic E-state index is 8.04. The Kier molecular flexibility index (Phi) is 3.65. The first-order valence-electron chi connectivity index (χ1n) is 6.67. The van der Waals surface area contributed by atoms with Crippen molar-refractivity contribution in [2.75, 3.05) is 11.9 Å². The smallest absolute Gasteiger partial charge is 0.229 e. The van der Waals surface area contributed by atoms with E-state index >= 15 is 0 Å². The third kappa shape index (κ3) is 2.35. The van der Waals surface area contributed by atoms with Gasteiger partial charge in [-0.25, -0.2) is 0 Å². The number of halogens is 1. The molecule has 1 aromatic heterocycles. The van der Waals surface area contributed by atoms with Crippen molar-refractivity contribution in [1.29, 1.82) is 10.8 Å². The number of nitrogens with one attached hydrogen (secondary N) is 2. The second kappa shape index (κ2) is 5.61. The maximum Gasteiger partial charge on any atom is 0.229 e. The van der Waals surface area contributed by atoms with Crippen LogP contribution in [0.2, 0.25) is 5.02 Å². The van der Waals surface area contributed by atoms with Crippen molar-refractivity contribution in [3.05, 3.63) is 59.2 Å². The van der Waals surface area contributed by atoms with Crippen molar-refractivity contribution < 1.29 is 0 Å². The molecule has 0 saturated carbocycles. The van der Waals surface area contributed by atoms with E-state index in [1.165, 1.54) is 4.57 Å². The highest BCUT2D eigenvalue weighted by Crippen LogP contribution is 2.28. The van der Waals surface area contributed by atoms with Gasteiger partial charge in [0.15, 0.2) is 0 Å². The van der Waals surface area contributed by atoms with Crippen LogP contribution in [-0.4, -0.2) is 22.9 Å². The number of benzene rings is 2. The molecule has 0 bridgehead atoms. The van der Waals surface area contributed by atoms with Gasteiger partial charge < -0.3 is 4.90 Å². The minimum Gasteiger partial charge on any atom is -0.329 e. The fourth-order valence-corrected chi connectivity index (χ4v) is 2.50. The predicted molar refractivity (Wildman–Crippen MR) is 89.3 cm³/mol. The predicted octanol–water partition coefficient (Wildman–Crippen LogP) is 3.39. The molecule has 2 aromatic carbocycles. The lowest BCUT2D eigenvalue weighted by Crippen LogP contribution is -2.26. The molecule has 0 saturated heterocycles. The topological polar surface area (TPSA) is 68.8 Å². The molecule has 0 spiro atoms. The number of aromatic nitrogens is 2. The summed E-state index contributed by atoms with van der Waals surface area (Å²) in [6.07, 6.45) is 1.10. The van der Waals surface area contributed by atoms with Crippen LogP contribution in [0, 0.1) is 10.8 Å². The van der Waals surface area contributed by atoms with Crippen molar-refractivity contribution in [2.24, 2.45) is 0 Å². The molecule has 2 N–H and O–H groups in total. The molecule has 0 aliphatic rings. The van der Waals surface area contributed by atoms with Crippen molar-refractivity contribution in [3.63, 3.8) is 0 Å². The second-order valence-electron chi connectivity index (χ2n) is 4.81. The first-order chi connectivity index (χ1) is 10.6. The van der Waals surface area contributed by atoms with Crippen LogP contribution in [0.1, 0.15) is 0 Å². The Hall–Kier alpha value is -2.66. The summed E-state index contributed by atoms with van der Waals surface area (Å²) in [7, 11) is 1.90. The van der Waals surface area contributed by atoms with Gasteiger partial charge >= 0.3 is 0 Å². The number of nitrogens with zero attached hydrogens (tertiary/aromatic N) is 3. The fourth-order valence-electron chi connectivity index (χ4n) is 2.37. The SMILES string of the molecule is CN(c1ccc(Cl)cc1)c1nc(=N)n(C=N)c2ccccc12. The summed E-state index contributed by atoms with van der Waals surface area (Å²) in [5.74, 6) is 0.668. The first-order valence-corrected chi connectivity index (χ1v) is 7.05. The van der Waals surface area contributed by atoms with Crippen LogP contribution in [0.15, 0.2) is 48.5 Å². The molecule has 0 radical (unpaired) electrons. The van der Waals surface area contributed by atoms with Gasteiger partial charge in [-0.05, 0) is 36.4 Å².